The highest BCUT2D eigenvalue weighted by molar-refractivity contribution is 6.46. The van der Waals surface area contributed by atoms with Crippen LogP contribution in [-0.2, 0) is 9.59 Å². The number of amides is 2. The zero-order valence-corrected chi connectivity index (χ0v) is 15.1. The van der Waals surface area contributed by atoms with Gasteiger partial charge in [-0.15, -0.1) is 0 Å². The molecular formula is C22H15N3O4. The summed E-state index contributed by atoms with van der Waals surface area (Å²) in [6.07, 6.45) is 0. The van der Waals surface area contributed by atoms with Gasteiger partial charge in [0.25, 0.3) is 17.5 Å². The summed E-state index contributed by atoms with van der Waals surface area (Å²) >= 11 is 0. The SMILES string of the molecule is O=C1C(Nc2ccccc2)=C(c2ccc([N+](=O)[O-])cc2)C(=O)N1c1ccccc1. The van der Waals surface area contributed by atoms with E-state index in [1.54, 1.807) is 42.5 Å². The number of nitro benzene ring substituents is 1. The van der Waals surface area contributed by atoms with Gasteiger partial charge in [-0.05, 0) is 42.0 Å². The number of nitrogens with zero attached hydrogens (tertiary/aromatic N) is 2. The number of imide groups is 1. The number of non-ortho nitro benzene ring substituents is 1. The van der Waals surface area contributed by atoms with Gasteiger partial charge in [0.1, 0.15) is 5.70 Å². The Morgan fingerprint density at radius 1 is 0.759 bits per heavy atom. The zero-order valence-electron chi connectivity index (χ0n) is 15.1. The number of hydrogen-bond acceptors (Lipinski definition) is 5. The van der Waals surface area contributed by atoms with Crippen LogP contribution >= 0.6 is 0 Å². The van der Waals surface area contributed by atoms with Gasteiger partial charge in [-0.1, -0.05) is 36.4 Å². The number of anilines is 2. The van der Waals surface area contributed by atoms with Crippen molar-refractivity contribution in [1.82, 2.24) is 0 Å². The third-order valence-electron chi connectivity index (χ3n) is 4.51. The number of hydrogen-bond donors (Lipinski definition) is 1. The normalized spacial score (nSPS) is 13.7. The molecule has 7 nitrogen and oxygen atoms in total. The van der Waals surface area contributed by atoms with Crippen LogP contribution in [0.4, 0.5) is 17.1 Å². The number of rotatable bonds is 5. The lowest BCUT2D eigenvalue weighted by atomic mass is 10.0. The second-order valence-corrected chi connectivity index (χ2v) is 6.33. The molecule has 3 aromatic rings. The second-order valence-electron chi connectivity index (χ2n) is 6.33. The van der Waals surface area contributed by atoms with Gasteiger partial charge >= 0.3 is 0 Å². The second kappa shape index (κ2) is 7.40. The predicted octanol–water partition coefficient (Wildman–Crippen LogP) is 3.99. The molecule has 142 valence electrons. The van der Waals surface area contributed by atoms with Gasteiger partial charge in [-0.2, -0.15) is 0 Å². The van der Waals surface area contributed by atoms with Crippen molar-refractivity contribution >= 4 is 34.4 Å². The summed E-state index contributed by atoms with van der Waals surface area (Å²) in [6.45, 7) is 0. The molecule has 0 bridgehead atoms. The van der Waals surface area contributed by atoms with Crippen LogP contribution in [0, 0.1) is 10.1 Å². The first-order chi connectivity index (χ1) is 14.1. The van der Waals surface area contributed by atoms with Crippen molar-refractivity contribution in [3.05, 3.63) is 106 Å². The molecule has 0 radical (unpaired) electrons. The summed E-state index contributed by atoms with van der Waals surface area (Å²) in [5, 5.41) is 14.0. The lowest BCUT2D eigenvalue weighted by Gasteiger charge is -2.15. The van der Waals surface area contributed by atoms with E-state index in [9.17, 15) is 19.7 Å². The Morgan fingerprint density at radius 2 is 1.34 bits per heavy atom. The first-order valence-electron chi connectivity index (χ1n) is 8.81. The first-order valence-corrected chi connectivity index (χ1v) is 8.81. The molecule has 2 amide bonds. The van der Waals surface area contributed by atoms with Gasteiger partial charge in [0, 0.05) is 17.8 Å². The number of benzene rings is 3. The van der Waals surface area contributed by atoms with Crippen LogP contribution < -0.4 is 10.2 Å². The van der Waals surface area contributed by atoms with Gasteiger partial charge in [-0.3, -0.25) is 19.7 Å². The van der Waals surface area contributed by atoms with E-state index < -0.39 is 16.7 Å². The molecule has 1 aliphatic heterocycles. The highest BCUT2D eigenvalue weighted by atomic mass is 16.6. The molecule has 1 aliphatic rings. The molecule has 7 heteroatoms. The van der Waals surface area contributed by atoms with Crippen LogP contribution in [0.1, 0.15) is 5.56 Å². The molecule has 29 heavy (non-hydrogen) atoms. The minimum atomic E-state index is -0.515. The molecule has 0 saturated carbocycles. The highest BCUT2D eigenvalue weighted by Crippen LogP contribution is 2.34. The van der Waals surface area contributed by atoms with Crippen molar-refractivity contribution in [2.24, 2.45) is 0 Å². The van der Waals surface area contributed by atoms with E-state index >= 15 is 0 Å². The van der Waals surface area contributed by atoms with E-state index in [-0.39, 0.29) is 17.0 Å². The summed E-state index contributed by atoms with van der Waals surface area (Å²) in [5.41, 5.74) is 1.72. The van der Waals surface area contributed by atoms with Gasteiger partial charge in [0.05, 0.1) is 16.2 Å². The number of nitrogens with one attached hydrogen (secondary N) is 1. The van der Waals surface area contributed by atoms with Crippen molar-refractivity contribution in [2.75, 3.05) is 10.2 Å². The smallest absolute Gasteiger partial charge is 0.282 e. The van der Waals surface area contributed by atoms with Crippen LogP contribution in [0.3, 0.4) is 0 Å². The summed E-state index contributed by atoms with van der Waals surface area (Å²) < 4.78 is 0. The summed E-state index contributed by atoms with van der Waals surface area (Å²) in [7, 11) is 0. The quantitative estimate of drug-likeness (QED) is 0.407. The first kappa shape index (κ1) is 18.1. The van der Waals surface area contributed by atoms with Crippen LogP contribution in [0.15, 0.2) is 90.6 Å². The van der Waals surface area contributed by atoms with Crippen molar-refractivity contribution in [2.45, 2.75) is 0 Å². The topological polar surface area (TPSA) is 92.5 Å². The largest absolute Gasteiger partial charge is 0.350 e. The molecule has 0 unspecified atom stereocenters. The maximum absolute atomic E-state index is 13.2. The molecule has 1 heterocycles. The van der Waals surface area contributed by atoms with Crippen LogP contribution in [0.2, 0.25) is 0 Å². The molecule has 0 spiro atoms. The average Bonchev–Trinajstić information content (AvgIpc) is 2.99. The van der Waals surface area contributed by atoms with E-state index in [1.807, 2.05) is 18.2 Å². The Bertz CT molecular complexity index is 1120. The summed E-state index contributed by atoms with van der Waals surface area (Å²) in [5.74, 6) is -0.980. The third kappa shape index (κ3) is 3.37. The van der Waals surface area contributed by atoms with Crippen LogP contribution in [-0.4, -0.2) is 16.7 Å². The van der Waals surface area contributed by atoms with Crippen molar-refractivity contribution in [3.8, 4) is 0 Å². The fourth-order valence-corrected chi connectivity index (χ4v) is 3.14. The minimum absolute atomic E-state index is 0.0939. The predicted molar refractivity (Wildman–Crippen MR) is 109 cm³/mol. The Balaban J connectivity index is 1.81. The number of carbonyl (C=O) groups is 2. The minimum Gasteiger partial charge on any atom is -0.350 e. The molecule has 0 fully saturated rings. The van der Waals surface area contributed by atoms with Gasteiger partial charge in [0.15, 0.2) is 0 Å². The summed E-state index contributed by atoms with van der Waals surface area (Å²) in [4.78, 5) is 37.9. The van der Waals surface area contributed by atoms with Crippen molar-refractivity contribution in [3.63, 3.8) is 0 Å². The lowest BCUT2D eigenvalue weighted by molar-refractivity contribution is -0.384. The van der Waals surface area contributed by atoms with E-state index in [0.717, 1.165) is 4.90 Å². The van der Waals surface area contributed by atoms with E-state index in [2.05, 4.69) is 5.32 Å². The molecule has 4 rings (SSSR count). The molecule has 0 saturated heterocycles. The molecular weight excluding hydrogens is 370 g/mol. The average molecular weight is 385 g/mol. The Morgan fingerprint density at radius 3 is 1.93 bits per heavy atom. The molecule has 0 aliphatic carbocycles. The monoisotopic (exact) mass is 385 g/mol. The molecule has 1 N–H and O–H groups in total. The molecule has 0 aromatic heterocycles. The van der Waals surface area contributed by atoms with Gasteiger partial charge in [-0.25, -0.2) is 4.90 Å². The Hall–Kier alpha value is -4.26. The van der Waals surface area contributed by atoms with Crippen molar-refractivity contribution < 1.29 is 14.5 Å². The van der Waals surface area contributed by atoms with E-state index in [0.29, 0.717) is 16.9 Å². The van der Waals surface area contributed by atoms with Crippen LogP contribution in [0.25, 0.3) is 5.57 Å². The van der Waals surface area contributed by atoms with Gasteiger partial charge < -0.3 is 5.32 Å². The number of carbonyl (C=O) groups excluding carboxylic acids is 2. The van der Waals surface area contributed by atoms with E-state index in [1.165, 1.54) is 24.3 Å². The Labute approximate surface area is 166 Å². The van der Waals surface area contributed by atoms with E-state index in [4.69, 9.17) is 0 Å². The number of para-hydroxylation sites is 2. The third-order valence-corrected chi connectivity index (χ3v) is 4.51. The highest BCUT2D eigenvalue weighted by Gasteiger charge is 2.40. The van der Waals surface area contributed by atoms with Crippen LogP contribution in [0.5, 0.6) is 0 Å². The standard InChI is InChI=1S/C22H15N3O4/c26-21-19(15-11-13-18(14-12-15)25(28)29)20(23-16-7-3-1-4-8-16)22(27)24(21)17-9-5-2-6-10-17/h1-14,23H. The summed E-state index contributed by atoms with van der Waals surface area (Å²) in [6, 6.07) is 23.2. The fourth-order valence-electron chi connectivity index (χ4n) is 3.14. The number of nitro groups is 1. The zero-order chi connectivity index (χ0) is 20.4. The van der Waals surface area contributed by atoms with Gasteiger partial charge in [0.2, 0.25) is 0 Å². The lowest BCUT2D eigenvalue weighted by Crippen LogP contribution is -2.32. The molecule has 0 atom stereocenters. The maximum atomic E-state index is 13.2. The van der Waals surface area contributed by atoms with Crippen molar-refractivity contribution in [1.29, 1.82) is 0 Å². The maximum Gasteiger partial charge on any atom is 0.282 e. The molecule has 3 aromatic carbocycles. The fraction of sp³-hybridized carbons (Fsp3) is 0. The Kier molecular flexibility index (Phi) is 4.62.